The molecule has 2 amide bonds. The normalized spacial score (nSPS) is 17.0. The van der Waals surface area contributed by atoms with Crippen LogP contribution in [0.3, 0.4) is 0 Å². The topological polar surface area (TPSA) is 75.3 Å². The maximum Gasteiger partial charge on any atom is 0.319 e. The third kappa shape index (κ3) is 3.76. The highest BCUT2D eigenvalue weighted by Gasteiger charge is 2.21. The SMILES string of the molecule is CS(=O)(=O)c1ccc(NC(=O)N[C@@H]2CCCc3ccccc32)cc1. The van der Waals surface area contributed by atoms with E-state index in [0.717, 1.165) is 25.5 Å². The number of hydrogen-bond acceptors (Lipinski definition) is 3. The second kappa shape index (κ2) is 6.65. The first-order chi connectivity index (χ1) is 11.4. The lowest BCUT2D eigenvalue weighted by molar-refractivity contribution is 0.247. The summed E-state index contributed by atoms with van der Waals surface area (Å²) >= 11 is 0. The van der Waals surface area contributed by atoms with Crippen molar-refractivity contribution in [3.63, 3.8) is 0 Å². The second-order valence-electron chi connectivity index (χ2n) is 6.04. The molecule has 126 valence electrons. The smallest absolute Gasteiger partial charge is 0.319 e. The van der Waals surface area contributed by atoms with Crippen molar-refractivity contribution < 1.29 is 13.2 Å². The average molecular weight is 344 g/mol. The molecule has 6 heteroatoms. The standard InChI is InChI=1S/C18H20N2O3S/c1-24(22,23)15-11-9-14(10-12-15)19-18(21)20-17-8-4-6-13-5-2-3-7-16(13)17/h2-3,5,7,9-12,17H,4,6,8H2,1H3,(H2,19,20,21)/t17-/m1/s1. The van der Waals surface area contributed by atoms with Crippen molar-refractivity contribution >= 4 is 21.6 Å². The summed E-state index contributed by atoms with van der Waals surface area (Å²) in [6.07, 6.45) is 4.16. The number of benzene rings is 2. The maximum absolute atomic E-state index is 12.2. The summed E-state index contributed by atoms with van der Waals surface area (Å²) in [5.41, 5.74) is 3.02. The molecule has 3 rings (SSSR count). The molecule has 2 aromatic carbocycles. The Labute approximate surface area is 142 Å². The first-order valence-electron chi connectivity index (χ1n) is 7.89. The molecule has 0 heterocycles. The van der Waals surface area contributed by atoms with Crippen LogP contribution in [-0.2, 0) is 16.3 Å². The van der Waals surface area contributed by atoms with Gasteiger partial charge in [0.2, 0.25) is 0 Å². The molecule has 1 aliphatic carbocycles. The predicted molar refractivity (Wildman–Crippen MR) is 93.8 cm³/mol. The van der Waals surface area contributed by atoms with E-state index in [1.54, 1.807) is 12.1 Å². The molecule has 0 spiro atoms. The summed E-state index contributed by atoms with van der Waals surface area (Å²) in [4.78, 5) is 12.5. The van der Waals surface area contributed by atoms with Crippen LogP contribution in [0.1, 0.15) is 30.0 Å². The van der Waals surface area contributed by atoms with Gasteiger partial charge in [-0.3, -0.25) is 0 Å². The molecule has 24 heavy (non-hydrogen) atoms. The number of aryl methyl sites for hydroxylation is 1. The monoisotopic (exact) mass is 344 g/mol. The van der Waals surface area contributed by atoms with Crippen molar-refractivity contribution in [2.45, 2.75) is 30.2 Å². The van der Waals surface area contributed by atoms with Gasteiger partial charge in [0.05, 0.1) is 10.9 Å². The van der Waals surface area contributed by atoms with Gasteiger partial charge in [-0.1, -0.05) is 24.3 Å². The fourth-order valence-electron chi connectivity index (χ4n) is 3.01. The molecule has 0 saturated heterocycles. The summed E-state index contributed by atoms with van der Waals surface area (Å²) in [5.74, 6) is 0. The number of fused-ring (bicyclic) bond motifs is 1. The Balaban J connectivity index is 1.66. The molecule has 0 fully saturated rings. The van der Waals surface area contributed by atoms with Gasteiger partial charge in [0.15, 0.2) is 9.84 Å². The molecule has 1 aliphatic rings. The van der Waals surface area contributed by atoms with Crippen LogP contribution in [0, 0.1) is 0 Å². The van der Waals surface area contributed by atoms with Gasteiger partial charge in [0.1, 0.15) is 0 Å². The number of anilines is 1. The number of nitrogens with one attached hydrogen (secondary N) is 2. The van der Waals surface area contributed by atoms with Crippen molar-refractivity contribution in [1.82, 2.24) is 5.32 Å². The van der Waals surface area contributed by atoms with E-state index >= 15 is 0 Å². The Morgan fingerprint density at radius 2 is 1.79 bits per heavy atom. The summed E-state index contributed by atoms with van der Waals surface area (Å²) in [6.45, 7) is 0. The van der Waals surface area contributed by atoms with Crippen molar-refractivity contribution in [3.05, 3.63) is 59.7 Å². The molecular weight excluding hydrogens is 324 g/mol. The van der Waals surface area contributed by atoms with Gasteiger partial charge >= 0.3 is 6.03 Å². The van der Waals surface area contributed by atoms with Crippen LogP contribution in [0.25, 0.3) is 0 Å². The van der Waals surface area contributed by atoms with Crippen LogP contribution in [0.2, 0.25) is 0 Å². The molecule has 0 aromatic heterocycles. The van der Waals surface area contributed by atoms with E-state index in [1.165, 1.54) is 23.3 Å². The van der Waals surface area contributed by atoms with Gasteiger partial charge in [-0.25, -0.2) is 13.2 Å². The zero-order valence-electron chi connectivity index (χ0n) is 13.5. The quantitative estimate of drug-likeness (QED) is 0.897. The number of rotatable bonds is 3. The minimum absolute atomic E-state index is 0.00485. The van der Waals surface area contributed by atoms with E-state index in [-0.39, 0.29) is 17.0 Å². The first kappa shape index (κ1) is 16.5. The van der Waals surface area contributed by atoms with Gasteiger partial charge in [-0.2, -0.15) is 0 Å². The Hall–Kier alpha value is -2.34. The highest BCUT2D eigenvalue weighted by atomic mass is 32.2. The number of amides is 2. The third-order valence-corrected chi connectivity index (χ3v) is 5.34. The summed E-state index contributed by atoms with van der Waals surface area (Å²) in [5, 5.41) is 5.75. The van der Waals surface area contributed by atoms with Gasteiger partial charge < -0.3 is 10.6 Å². The Morgan fingerprint density at radius 3 is 2.50 bits per heavy atom. The van der Waals surface area contributed by atoms with Gasteiger partial charge in [-0.05, 0) is 54.7 Å². The lowest BCUT2D eigenvalue weighted by atomic mass is 9.88. The van der Waals surface area contributed by atoms with E-state index in [2.05, 4.69) is 22.8 Å². The zero-order chi connectivity index (χ0) is 17.2. The average Bonchev–Trinajstić information content (AvgIpc) is 2.55. The summed E-state index contributed by atoms with van der Waals surface area (Å²) in [6, 6.07) is 14.0. The van der Waals surface area contributed by atoms with E-state index in [1.807, 2.05) is 12.1 Å². The number of hydrogen-bond donors (Lipinski definition) is 2. The largest absolute Gasteiger partial charge is 0.331 e. The molecule has 0 bridgehead atoms. The lowest BCUT2D eigenvalue weighted by Crippen LogP contribution is -2.34. The Kier molecular flexibility index (Phi) is 4.57. The first-order valence-corrected chi connectivity index (χ1v) is 9.78. The second-order valence-corrected chi connectivity index (χ2v) is 8.05. The van der Waals surface area contributed by atoms with Gasteiger partial charge in [0, 0.05) is 11.9 Å². The van der Waals surface area contributed by atoms with Gasteiger partial charge in [0.25, 0.3) is 0 Å². The summed E-state index contributed by atoms with van der Waals surface area (Å²) < 4.78 is 22.9. The number of carbonyl (C=O) groups excluding carboxylic acids is 1. The van der Waals surface area contributed by atoms with Crippen molar-refractivity contribution in [1.29, 1.82) is 0 Å². The minimum atomic E-state index is -3.23. The van der Waals surface area contributed by atoms with Crippen molar-refractivity contribution in [3.8, 4) is 0 Å². The van der Waals surface area contributed by atoms with Gasteiger partial charge in [-0.15, -0.1) is 0 Å². The van der Waals surface area contributed by atoms with Crippen LogP contribution in [0.15, 0.2) is 53.4 Å². The maximum atomic E-state index is 12.2. The van der Waals surface area contributed by atoms with Crippen LogP contribution in [0.4, 0.5) is 10.5 Å². The molecule has 0 aliphatic heterocycles. The summed E-state index contributed by atoms with van der Waals surface area (Å²) in [7, 11) is -3.23. The van der Waals surface area contributed by atoms with Crippen molar-refractivity contribution in [2.24, 2.45) is 0 Å². The molecular formula is C18H20N2O3S. The van der Waals surface area contributed by atoms with E-state index in [4.69, 9.17) is 0 Å². The van der Waals surface area contributed by atoms with Crippen LogP contribution >= 0.6 is 0 Å². The van der Waals surface area contributed by atoms with E-state index in [0.29, 0.717) is 5.69 Å². The molecule has 2 N–H and O–H groups in total. The van der Waals surface area contributed by atoms with Crippen LogP contribution in [-0.4, -0.2) is 20.7 Å². The number of carbonyl (C=O) groups is 1. The van der Waals surface area contributed by atoms with Crippen LogP contribution in [0.5, 0.6) is 0 Å². The molecule has 0 unspecified atom stereocenters. The fourth-order valence-corrected chi connectivity index (χ4v) is 3.65. The van der Waals surface area contributed by atoms with E-state index < -0.39 is 9.84 Å². The number of sulfone groups is 1. The molecule has 5 nitrogen and oxygen atoms in total. The Bertz CT molecular complexity index is 845. The molecule has 2 aromatic rings. The number of urea groups is 1. The third-order valence-electron chi connectivity index (χ3n) is 4.22. The molecule has 0 radical (unpaired) electrons. The highest BCUT2D eigenvalue weighted by Crippen LogP contribution is 2.29. The molecule has 0 saturated carbocycles. The van der Waals surface area contributed by atoms with Crippen molar-refractivity contribution in [2.75, 3.05) is 11.6 Å². The Morgan fingerprint density at radius 1 is 1.08 bits per heavy atom. The molecule has 1 atom stereocenters. The predicted octanol–water partition coefficient (Wildman–Crippen LogP) is 3.29. The minimum Gasteiger partial charge on any atom is -0.331 e. The fraction of sp³-hybridized carbons (Fsp3) is 0.278. The zero-order valence-corrected chi connectivity index (χ0v) is 14.3. The lowest BCUT2D eigenvalue weighted by Gasteiger charge is -2.26. The van der Waals surface area contributed by atoms with Crippen LogP contribution < -0.4 is 10.6 Å². The van der Waals surface area contributed by atoms with E-state index in [9.17, 15) is 13.2 Å². The highest BCUT2D eigenvalue weighted by molar-refractivity contribution is 7.90.